The van der Waals surface area contributed by atoms with Crippen molar-refractivity contribution in [3.05, 3.63) is 53.7 Å². The Hall–Kier alpha value is -5.38. The van der Waals surface area contributed by atoms with Gasteiger partial charge >= 0.3 is 16.4 Å². The number of aliphatic carboxylic acids is 1. The fourth-order valence-corrected chi connectivity index (χ4v) is 5.53. The van der Waals surface area contributed by atoms with E-state index >= 15 is 0 Å². The number of hydrogen-bond donors (Lipinski definition) is 5. The van der Waals surface area contributed by atoms with Crippen molar-refractivity contribution in [3.63, 3.8) is 0 Å². The molecule has 0 spiro atoms. The first kappa shape index (κ1) is 34.0. The molecule has 1 fully saturated rings. The summed E-state index contributed by atoms with van der Waals surface area (Å²) in [5.74, 6) is -1.72. The minimum atomic E-state index is -5.02. The number of carbonyl (C=O) groups excluding carboxylic acids is 2. The topological polar surface area (TPSA) is 254 Å². The minimum Gasteiger partial charge on any atom is -0.489 e. The highest BCUT2D eigenvalue weighted by Crippen LogP contribution is 2.33. The number of thiazole rings is 1. The number of rotatable bonds is 13. The molecule has 0 radical (unpaired) electrons. The lowest BCUT2D eigenvalue weighted by Gasteiger charge is -2.50. The number of anilines is 3. The zero-order valence-electron chi connectivity index (χ0n) is 25.7. The Bertz CT molecular complexity index is 2040. The summed E-state index contributed by atoms with van der Waals surface area (Å²) >= 11 is 0.956. The molecule has 19 nitrogen and oxygen atoms in total. The van der Waals surface area contributed by atoms with Crippen LogP contribution in [0.5, 0.6) is 5.75 Å². The molecule has 2 unspecified atom stereocenters. The number of nitrogens with zero attached hydrogens (tertiary/aromatic N) is 6. The third kappa shape index (κ3) is 7.27. The highest BCUT2D eigenvalue weighted by Gasteiger charge is 2.58. The van der Waals surface area contributed by atoms with Crippen LogP contribution in [0.2, 0.25) is 0 Å². The first-order valence-corrected chi connectivity index (χ1v) is 16.1. The number of amides is 2. The van der Waals surface area contributed by atoms with Crippen molar-refractivity contribution in [2.24, 2.45) is 19.3 Å². The Balaban J connectivity index is 1.28. The molecule has 0 saturated carbocycles. The number of pyridine rings is 1. The molecule has 1 aliphatic rings. The Kier molecular flexibility index (Phi) is 9.22. The van der Waals surface area contributed by atoms with Gasteiger partial charge in [-0.2, -0.15) is 13.5 Å². The van der Waals surface area contributed by atoms with Crippen LogP contribution >= 0.6 is 11.3 Å². The molecule has 1 saturated heterocycles. The fourth-order valence-electron chi connectivity index (χ4n) is 4.53. The second-order valence-corrected chi connectivity index (χ2v) is 12.8. The van der Waals surface area contributed by atoms with E-state index in [2.05, 4.69) is 30.0 Å². The third-order valence-corrected chi connectivity index (χ3v) is 8.25. The second kappa shape index (κ2) is 13.0. The standard InChI is InChI=1S/C27H29N9O10S2/c1-27(2)22(24(38)36(27)46-48(41,42)43)32-23(37)21(17-13-47-26(28)30-17)33-45-18(25(39)40)12-44-15-6-7-16-14(11-15)5-8-19(29-16)31-20-9-10-34(3)35(20)4/h5-11,13,18,22H,12H2,1-4H3,(H5,28,30,32,37,39,40,41,42,43)/p+1/b33-21-. The zero-order valence-corrected chi connectivity index (χ0v) is 27.4. The molecule has 0 bridgehead atoms. The number of carbonyl (C=O) groups is 3. The van der Waals surface area contributed by atoms with E-state index in [-0.39, 0.29) is 10.8 Å². The van der Waals surface area contributed by atoms with Crippen LogP contribution in [0.25, 0.3) is 10.9 Å². The highest BCUT2D eigenvalue weighted by atomic mass is 32.3. The number of carboxylic acid groups (broad SMARTS) is 1. The molecular weight excluding hydrogens is 674 g/mol. The van der Waals surface area contributed by atoms with Gasteiger partial charge in [0.2, 0.25) is 0 Å². The molecule has 1 aromatic carbocycles. The number of nitrogen functional groups attached to an aromatic ring is 1. The molecule has 21 heteroatoms. The normalized spacial score (nSPS) is 16.7. The van der Waals surface area contributed by atoms with Crippen molar-refractivity contribution >= 4 is 72.9 Å². The molecule has 2 atom stereocenters. The number of nitrogens with two attached hydrogens (primary N) is 1. The first-order chi connectivity index (χ1) is 22.5. The van der Waals surface area contributed by atoms with Crippen LogP contribution < -0.4 is 25.8 Å². The van der Waals surface area contributed by atoms with Gasteiger partial charge in [-0.15, -0.1) is 25.0 Å². The van der Waals surface area contributed by atoms with E-state index in [4.69, 9.17) is 19.9 Å². The van der Waals surface area contributed by atoms with Gasteiger partial charge in [-0.25, -0.2) is 14.8 Å². The molecule has 1 aliphatic heterocycles. The van der Waals surface area contributed by atoms with Crippen molar-refractivity contribution in [2.45, 2.75) is 31.5 Å². The molecule has 48 heavy (non-hydrogen) atoms. The summed E-state index contributed by atoms with van der Waals surface area (Å²) in [6.07, 6.45) is 0.201. The molecule has 2 amide bonds. The van der Waals surface area contributed by atoms with Gasteiger partial charge in [0.25, 0.3) is 17.9 Å². The molecule has 4 aromatic rings. The molecule has 254 valence electrons. The molecule has 4 heterocycles. The average Bonchev–Trinajstić information content (AvgIpc) is 3.59. The summed E-state index contributed by atoms with van der Waals surface area (Å²) in [7, 11) is -1.22. The van der Waals surface area contributed by atoms with Gasteiger partial charge in [-0.1, -0.05) is 5.16 Å². The number of aromatic nitrogens is 4. The zero-order chi connectivity index (χ0) is 35.0. The molecular formula is C27H30N9O10S2+. The third-order valence-electron chi connectivity index (χ3n) is 7.24. The Morgan fingerprint density at radius 3 is 2.58 bits per heavy atom. The lowest BCUT2D eigenvalue weighted by molar-refractivity contribution is -0.750. The van der Waals surface area contributed by atoms with Crippen molar-refractivity contribution in [1.82, 2.24) is 25.0 Å². The molecule has 0 aliphatic carbocycles. The van der Waals surface area contributed by atoms with Gasteiger partial charge in [-0.05, 0) is 44.2 Å². The number of fused-ring (bicyclic) bond motifs is 1. The summed E-state index contributed by atoms with van der Waals surface area (Å²) in [6.45, 7) is 2.20. The van der Waals surface area contributed by atoms with E-state index in [0.29, 0.717) is 22.1 Å². The minimum absolute atomic E-state index is 0.0548. The lowest BCUT2D eigenvalue weighted by Crippen LogP contribution is -2.76. The fraction of sp³-hybridized carbons (Fsp3) is 0.296. The first-order valence-electron chi connectivity index (χ1n) is 13.9. The molecule has 3 aromatic heterocycles. The predicted octanol–water partition coefficient (Wildman–Crippen LogP) is 0.273. The second-order valence-electron chi connectivity index (χ2n) is 10.9. The number of ether oxygens (including phenoxy) is 1. The van der Waals surface area contributed by atoms with Crippen molar-refractivity contribution in [1.29, 1.82) is 0 Å². The summed E-state index contributed by atoms with van der Waals surface area (Å²) in [6, 6.07) is 9.16. The van der Waals surface area contributed by atoms with Gasteiger partial charge in [0.05, 0.1) is 24.2 Å². The molecule has 6 N–H and O–H groups in total. The number of hydrogen-bond acceptors (Lipinski definition) is 14. The lowest BCUT2D eigenvalue weighted by atomic mass is 9.84. The number of benzene rings is 1. The van der Waals surface area contributed by atoms with E-state index in [1.54, 1.807) is 24.3 Å². The van der Waals surface area contributed by atoms with Crippen LogP contribution in [-0.4, -0.2) is 85.6 Å². The monoisotopic (exact) mass is 704 g/mol. The van der Waals surface area contributed by atoms with Crippen LogP contribution in [0.4, 0.5) is 16.8 Å². The summed E-state index contributed by atoms with van der Waals surface area (Å²) in [5, 5.41) is 21.6. The van der Waals surface area contributed by atoms with Gasteiger partial charge in [-0.3, -0.25) is 14.1 Å². The molecule has 5 rings (SSSR count). The Labute approximate surface area is 276 Å². The van der Waals surface area contributed by atoms with Crippen LogP contribution in [0, 0.1) is 0 Å². The van der Waals surface area contributed by atoms with E-state index < -0.39 is 58.2 Å². The highest BCUT2D eigenvalue weighted by molar-refractivity contribution is 7.80. The smallest absolute Gasteiger partial charge is 0.418 e. The average molecular weight is 705 g/mol. The summed E-state index contributed by atoms with van der Waals surface area (Å²) in [4.78, 5) is 51.6. The van der Waals surface area contributed by atoms with Crippen LogP contribution in [-0.2, 0) is 48.0 Å². The number of β-lactam (4-membered cyclic amide) rings is 1. The largest absolute Gasteiger partial charge is 0.489 e. The van der Waals surface area contributed by atoms with E-state index in [1.165, 1.54) is 19.2 Å². The number of nitrogens with one attached hydrogen (secondary N) is 2. The van der Waals surface area contributed by atoms with Crippen LogP contribution in [0.1, 0.15) is 19.5 Å². The summed E-state index contributed by atoms with van der Waals surface area (Å²) in [5.41, 5.74) is 4.30. The van der Waals surface area contributed by atoms with Gasteiger partial charge in [0.15, 0.2) is 29.9 Å². The number of carboxylic acids is 1. The van der Waals surface area contributed by atoms with Crippen LogP contribution in [0.15, 0.2) is 53.1 Å². The van der Waals surface area contributed by atoms with E-state index in [1.807, 2.05) is 41.8 Å². The van der Waals surface area contributed by atoms with Gasteiger partial charge in [0, 0.05) is 10.8 Å². The summed E-state index contributed by atoms with van der Waals surface area (Å²) < 4.78 is 44.9. The quantitative estimate of drug-likeness (QED) is 0.0412. The van der Waals surface area contributed by atoms with Crippen molar-refractivity contribution < 1.29 is 51.0 Å². The number of hydroxylamine groups is 2. The Morgan fingerprint density at radius 1 is 1.23 bits per heavy atom. The SMILES string of the molecule is Cn1c(Nc2ccc3cc(OCC(O/N=C(\C(=O)NC4C(=O)N(OS(=O)(=O)O)C4(C)C)c4csc(N)n4)C(=O)O)ccc3n2)cc[n+]1C. The van der Waals surface area contributed by atoms with Gasteiger partial charge < -0.3 is 31.0 Å². The van der Waals surface area contributed by atoms with Crippen LogP contribution in [0.3, 0.4) is 0 Å². The predicted molar refractivity (Wildman–Crippen MR) is 168 cm³/mol. The van der Waals surface area contributed by atoms with E-state index in [0.717, 1.165) is 22.5 Å². The van der Waals surface area contributed by atoms with Crippen molar-refractivity contribution in [2.75, 3.05) is 17.7 Å². The maximum absolute atomic E-state index is 13.2. The van der Waals surface area contributed by atoms with Gasteiger partial charge in [0.1, 0.15) is 29.9 Å². The van der Waals surface area contributed by atoms with Crippen molar-refractivity contribution in [3.8, 4) is 5.75 Å². The Morgan fingerprint density at radius 2 is 1.98 bits per heavy atom. The maximum Gasteiger partial charge on any atom is 0.418 e. The number of oxime groups is 1. The van der Waals surface area contributed by atoms with E-state index in [9.17, 15) is 27.9 Å². The number of aryl methyl sites for hydroxylation is 1. The maximum atomic E-state index is 13.2.